The molecular formula is C12H16N2O3. The number of nitrogens with two attached hydrogens (primary N) is 1. The summed E-state index contributed by atoms with van der Waals surface area (Å²) in [5.41, 5.74) is 6.31. The number of carbonyl (C=O) groups excluding carboxylic acids is 1. The molecule has 0 radical (unpaired) electrons. The number of aliphatic carboxylic acids is 1. The van der Waals surface area contributed by atoms with E-state index in [0.29, 0.717) is 18.5 Å². The summed E-state index contributed by atoms with van der Waals surface area (Å²) in [5.74, 6) is -1.70. The Morgan fingerprint density at radius 3 is 2.35 bits per heavy atom. The number of rotatable bonds is 6. The van der Waals surface area contributed by atoms with Gasteiger partial charge in [-0.15, -0.1) is 0 Å². The van der Waals surface area contributed by atoms with Crippen molar-refractivity contribution >= 4 is 17.6 Å². The third-order valence-corrected chi connectivity index (χ3v) is 2.56. The molecule has 1 aromatic rings. The lowest BCUT2D eigenvalue weighted by Gasteiger charge is -2.12. The molecule has 0 fully saturated rings. The summed E-state index contributed by atoms with van der Waals surface area (Å²) in [4.78, 5) is 21.6. The minimum absolute atomic E-state index is 0.363. The van der Waals surface area contributed by atoms with E-state index < -0.39 is 17.8 Å². The summed E-state index contributed by atoms with van der Waals surface area (Å²) in [6.07, 6.45) is 0.571. The highest BCUT2D eigenvalue weighted by molar-refractivity contribution is 5.93. The molecule has 0 aromatic heterocycles. The van der Waals surface area contributed by atoms with Crippen LogP contribution in [0.3, 0.4) is 0 Å². The van der Waals surface area contributed by atoms with Gasteiger partial charge in [-0.3, -0.25) is 9.59 Å². The van der Waals surface area contributed by atoms with Crippen LogP contribution in [0.2, 0.25) is 0 Å². The fraction of sp³-hybridized carbons (Fsp3) is 0.333. The molecule has 0 aliphatic heterocycles. The van der Waals surface area contributed by atoms with E-state index in [2.05, 4.69) is 5.32 Å². The molecule has 1 unspecified atom stereocenters. The van der Waals surface area contributed by atoms with E-state index in [4.69, 9.17) is 10.8 Å². The third kappa shape index (κ3) is 3.79. The Morgan fingerprint density at radius 2 is 1.94 bits per heavy atom. The average molecular weight is 236 g/mol. The van der Waals surface area contributed by atoms with Gasteiger partial charge in [-0.2, -0.15) is 0 Å². The number of benzene rings is 1. The first-order chi connectivity index (χ1) is 8.04. The van der Waals surface area contributed by atoms with Crippen LogP contribution >= 0.6 is 0 Å². The van der Waals surface area contributed by atoms with Gasteiger partial charge in [0.1, 0.15) is 0 Å². The van der Waals surface area contributed by atoms with Gasteiger partial charge in [0, 0.05) is 17.8 Å². The van der Waals surface area contributed by atoms with Crippen LogP contribution in [-0.2, 0) is 4.79 Å². The Labute approximate surface area is 99.6 Å². The van der Waals surface area contributed by atoms with Crippen LogP contribution < -0.4 is 11.1 Å². The SMILES string of the molecule is CCC(CNc1ccc(C(N)=O)cc1)C(=O)O. The van der Waals surface area contributed by atoms with Crippen molar-refractivity contribution in [3.63, 3.8) is 0 Å². The quantitative estimate of drug-likeness (QED) is 0.694. The lowest BCUT2D eigenvalue weighted by atomic mass is 10.1. The summed E-state index contributed by atoms with van der Waals surface area (Å²) < 4.78 is 0. The maximum atomic E-state index is 10.8. The molecule has 17 heavy (non-hydrogen) atoms. The van der Waals surface area contributed by atoms with Crippen molar-refractivity contribution in [3.05, 3.63) is 29.8 Å². The maximum absolute atomic E-state index is 10.8. The number of nitrogens with one attached hydrogen (secondary N) is 1. The van der Waals surface area contributed by atoms with Gasteiger partial charge in [-0.1, -0.05) is 6.92 Å². The molecule has 5 nitrogen and oxygen atoms in total. The molecule has 0 saturated carbocycles. The molecule has 0 aliphatic carbocycles. The van der Waals surface area contributed by atoms with Crippen molar-refractivity contribution < 1.29 is 14.7 Å². The lowest BCUT2D eigenvalue weighted by molar-refractivity contribution is -0.141. The van der Waals surface area contributed by atoms with Gasteiger partial charge in [0.05, 0.1) is 5.92 Å². The summed E-state index contributed by atoms with van der Waals surface area (Å²) in [5, 5.41) is 11.9. The van der Waals surface area contributed by atoms with Crippen LogP contribution in [0.15, 0.2) is 24.3 Å². The van der Waals surface area contributed by atoms with Gasteiger partial charge >= 0.3 is 5.97 Å². The van der Waals surface area contributed by atoms with E-state index in [-0.39, 0.29) is 0 Å². The zero-order chi connectivity index (χ0) is 12.8. The number of carboxylic acids is 1. The molecule has 0 heterocycles. The number of anilines is 1. The minimum atomic E-state index is -0.811. The number of amides is 1. The molecule has 4 N–H and O–H groups in total. The lowest BCUT2D eigenvalue weighted by Crippen LogP contribution is -2.22. The van der Waals surface area contributed by atoms with Crippen molar-refractivity contribution in [3.8, 4) is 0 Å². The first-order valence-corrected chi connectivity index (χ1v) is 5.41. The van der Waals surface area contributed by atoms with Gasteiger partial charge in [-0.25, -0.2) is 0 Å². The fourth-order valence-electron chi connectivity index (χ4n) is 1.40. The Bertz CT molecular complexity index is 401. The topological polar surface area (TPSA) is 92.4 Å². The fourth-order valence-corrected chi connectivity index (χ4v) is 1.40. The van der Waals surface area contributed by atoms with Crippen molar-refractivity contribution in [2.45, 2.75) is 13.3 Å². The van der Waals surface area contributed by atoms with E-state index in [1.807, 2.05) is 6.92 Å². The third-order valence-electron chi connectivity index (χ3n) is 2.56. The number of hydrogen-bond donors (Lipinski definition) is 3. The van der Waals surface area contributed by atoms with Gasteiger partial charge in [0.2, 0.25) is 5.91 Å². The summed E-state index contributed by atoms with van der Waals surface area (Å²) in [7, 11) is 0. The normalized spacial score (nSPS) is 11.8. The molecule has 1 rings (SSSR count). The largest absolute Gasteiger partial charge is 0.481 e. The van der Waals surface area contributed by atoms with Gasteiger partial charge in [0.15, 0.2) is 0 Å². The van der Waals surface area contributed by atoms with Crippen LogP contribution in [0.4, 0.5) is 5.69 Å². The van der Waals surface area contributed by atoms with E-state index in [0.717, 1.165) is 5.69 Å². The van der Waals surface area contributed by atoms with E-state index in [9.17, 15) is 9.59 Å². The summed E-state index contributed by atoms with van der Waals surface area (Å²) in [6.45, 7) is 2.19. The molecule has 0 spiro atoms. The molecule has 5 heteroatoms. The Kier molecular flexibility index (Phi) is 4.51. The van der Waals surface area contributed by atoms with E-state index in [1.54, 1.807) is 24.3 Å². The van der Waals surface area contributed by atoms with Gasteiger partial charge in [0.25, 0.3) is 0 Å². The second-order valence-corrected chi connectivity index (χ2v) is 3.77. The molecule has 92 valence electrons. The molecule has 0 saturated heterocycles. The summed E-state index contributed by atoms with van der Waals surface area (Å²) >= 11 is 0. The highest BCUT2D eigenvalue weighted by Gasteiger charge is 2.14. The second-order valence-electron chi connectivity index (χ2n) is 3.77. The minimum Gasteiger partial charge on any atom is -0.481 e. The molecule has 1 atom stereocenters. The van der Waals surface area contributed by atoms with E-state index in [1.165, 1.54) is 0 Å². The monoisotopic (exact) mass is 236 g/mol. The molecule has 1 amide bonds. The van der Waals surface area contributed by atoms with Crippen molar-refractivity contribution in [2.75, 3.05) is 11.9 Å². The zero-order valence-corrected chi connectivity index (χ0v) is 9.64. The number of carboxylic acid groups (broad SMARTS) is 1. The number of carbonyl (C=O) groups is 2. The Hall–Kier alpha value is -2.04. The predicted octanol–water partition coefficient (Wildman–Crippen LogP) is 1.31. The van der Waals surface area contributed by atoms with Crippen LogP contribution in [0.25, 0.3) is 0 Å². The number of primary amides is 1. The van der Waals surface area contributed by atoms with Crippen LogP contribution in [0.5, 0.6) is 0 Å². The van der Waals surface area contributed by atoms with Crippen molar-refractivity contribution in [1.29, 1.82) is 0 Å². The standard InChI is InChI=1S/C12H16N2O3/c1-2-8(12(16)17)7-14-10-5-3-9(4-6-10)11(13)15/h3-6,8,14H,2,7H2,1H3,(H2,13,15)(H,16,17). The zero-order valence-electron chi connectivity index (χ0n) is 9.64. The highest BCUT2D eigenvalue weighted by atomic mass is 16.4. The van der Waals surface area contributed by atoms with Gasteiger partial charge < -0.3 is 16.2 Å². The molecular weight excluding hydrogens is 220 g/mol. The molecule has 0 bridgehead atoms. The molecule has 1 aromatic carbocycles. The summed E-state index contributed by atoms with van der Waals surface area (Å²) in [6, 6.07) is 6.61. The predicted molar refractivity (Wildman–Crippen MR) is 64.9 cm³/mol. The highest BCUT2D eigenvalue weighted by Crippen LogP contribution is 2.11. The Balaban J connectivity index is 2.58. The second kappa shape index (κ2) is 5.89. The van der Waals surface area contributed by atoms with Crippen LogP contribution in [0.1, 0.15) is 23.7 Å². The van der Waals surface area contributed by atoms with Crippen molar-refractivity contribution in [1.82, 2.24) is 0 Å². The first kappa shape index (κ1) is 13.0. The Morgan fingerprint density at radius 1 is 1.35 bits per heavy atom. The van der Waals surface area contributed by atoms with Crippen molar-refractivity contribution in [2.24, 2.45) is 11.7 Å². The van der Waals surface area contributed by atoms with Crippen LogP contribution in [-0.4, -0.2) is 23.5 Å². The first-order valence-electron chi connectivity index (χ1n) is 5.41. The van der Waals surface area contributed by atoms with E-state index >= 15 is 0 Å². The van der Waals surface area contributed by atoms with Gasteiger partial charge in [-0.05, 0) is 30.7 Å². The van der Waals surface area contributed by atoms with Crippen LogP contribution in [0, 0.1) is 5.92 Å². The maximum Gasteiger partial charge on any atom is 0.308 e. The number of hydrogen-bond acceptors (Lipinski definition) is 3. The smallest absolute Gasteiger partial charge is 0.308 e. The average Bonchev–Trinajstić information content (AvgIpc) is 2.30. The molecule has 0 aliphatic rings.